The lowest BCUT2D eigenvalue weighted by Crippen LogP contribution is -2.53. The number of hydrazine groups is 1. The third-order valence-corrected chi connectivity index (χ3v) is 9.26. The van der Waals surface area contributed by atoms with Gasteiger partial charge in [-0.25, -0.2) is 0 Å². The zero-order valence-corrected chi connectivity index (χ0v) is 22.4. The van der Waals surface area contributed by atoms with Gasteiger partial charge in [-0.15, -0.1) is 0 Å². The van der Waals surface area contributed by atoms with Gasteiger partial charge in [0.2, 0.25) is 17.7 Å². The molecule has 36 heavy (non-hydrogen) atoms. The second kappa shape index (κ2) is 9.14. The van der Waals surface area contributed by atoms with E-state index in [2.05, 4.69) is 23.8 Å². The highest BCUT2D eigenvalue weighted by Crippen LogP contribution is 2.49. The van der Waals surface area contributed by atoms with Crippen molar-refractivity contribution in [1.29, 1.82) is 0 Å². The number of hydrogen-bond acceptors (Lipinski definition) is 5. The summed E-state index contributed by atoms with van der Waals surface area (Å²) in [5.41, 5.74) is 8.60. The van der Waals surface area contributed by atoms with Crippen LogP contribution in [0.25, 0.3) is 0 Å². The molecule has 5 rings (SSSR count). The van der Waals surface area contributed by atoms with Gasteiger partial charge in [-0.3, -0.25) is 25.2 Å². The second-order valence-corrected chi connectivity index (χ2v) is 12.3. The van der Waals surface area contributed by atoms with E-state index in [-0.39, 0.29) is 35.7 Å². The summed E-state index contributed by atoms with van der Waals surface area (Å²) in [6.45, 7) is 10.2. The number of piperidine rings is 1. The number of carbonyl (C=O) groups excluding carboxylic acids is 3. The van der Waals surface area contributed by atoms with Crippen LogP contribution in [0.15, 0.2) is 18.2 Å². The Hall–Kier alpha value is -2.45. The second-order valence-electron chi connectivity index (χ2n) is 12.3. The van der Waals surface area contributed by atoms with Gasteiger partial charge in [-0.1, -0.05) is 12.1 Å². The SMILES string of the molecule is Cc1cccc2c1C1(CCN(C(=O)C3CCC4NNCC4C3)CC1)C(=O)N2CC(=O)N(C)C(C)(C)C. The van der Waals surface area contributed by atoms with Crippen molar-refractivity contribution in [3.05, 3.63) is 29.3 Å². The molecule has 1 aromatic rings. The molecule has 3 aliphatic heterocycles. The van der Waals surface area contributed by atoms with E-state index < -0.39 is 5.41 Å². The zero-order chi connectivity index (χ0) is 25.8. The van der Waals surface area contributed by atoms with Crippen molar-refractivity contribution in [3.8, 4) is 0 Å². The van der Waals surface area contributed by atoms with Crippen molar-refractivity contribution in [1.82, 2.24) is 20.7 Å². The van der Waals surface area contributed by atoms with Crippen LogP contribution in [0.5, 0.6) is 0 Å². The summed E-state index contributed by atoms with van der Waals surface area (Å²) in [7, 11) is 1.80. The van der Waals surface area contributed by atoms with Crippen LogP contribution >= 0.6 is 0 Å². The molecule has 3 fully saturated rings. The average molecular weight is 496 g/mol. The van der Waals surface area contributed by atoms with Gasteiger partial charge in [0.05, 0.1) is 5.41 Å². The van der Waals surface area contributed by atoms with Crippen LogP contribution in [0.2, 0.25) is 0 Å². The Morgan fingerprint density at radius 3 is 2.58 bits per heavy atom. The third kappa shape index (κ3) is 4.12. The van der Waals surface area contributed by atoms with E-state index >= 15 is 0 Å². The molecule has 3 heterocycles. The van der Waals surface area contributed by atoms with Crippen molar-refractivity contribution in [3.63, 3.8) is 0 Å². The highest BCUT2D eigenvalue weighted by Gasteiger charge is 2.54. The normalized spacial score (nSPS) is 27.2. The highest BCUT2D eigenvalue weighted by atomic mass is 16.2. The van der Waals surface area contributed by atoms with Gasteiger partial charge in [-0.2, -0.15) is 0 Å². The summed E-state index contributed by atoms with van der Waals surface area (Å²) < 4.78 is 0. The van der Waals surface area contributed by atoms with E-state index in [9.17, 15) is 14.4 Å². The molecule has 0 aromatic heterocycles. The molecule has 2 saturated heterocycles. The number of fused-ring (bicyclic) bond motifs is 3. The van der Waals surface area contributed by atoms with Crippen LogP contribution < -0.4 is 15.8 Å². The first-order chi connectivity index (χ1) is 17.0. The smallest absolute Gasteiger partial charge is 0.242 e. The first-order valence-corrected chi connectivity index (χ1v) is 13.5. The molecule has 4 aliphatic rings. The predicted molar refractivity (Wildman–Crippen MR) is 139 cm³/mol. The van der Waals surface area contributed by atoms with Gasteiger partial charge in [-0.05, 0) is 82.9 Å². The summed E-state index contributed by atoms with van der Waals surface area (Å²) >= 11 is 0. The largest absolute Gasteiger partial charge is 0.342 e. The van der Waals surface area contributed by atoms with Gasteiger partial charge in [0.25, 0.3) is 0 Å². The number of hydrogen-bond donors (Lipinski definition) is 2. The van der Waals surface area contributed by atoms with Crippen LogP contribution in [0.1, 0.15) is 64.0 Å². The van der Waals surface area contributed by atoms with E-state index in [1.807, 2.05) is 37.8 Å². The average Bonchev–Trinajstić information content (AvgIpc) is 3.40. The Bertz CT molecular complexity index is 1060. The number of likely N-dealkylation sites (N-methyl/N-ethyl adjacent to an activating group) is 1. The van der Waals surface area contributed by atoms with E-state index in [4.69, 9.17) is 0 Å². The molecule has 8 nitrogen and oxygen atoms in total. The maximum atomic E-state index is 14.0. The molecular weight excluding hydrogens is 454 g/mol. The third-order valence-electron chi connectivity index (χ3n) is 9.26. The van der Waals surface area contributed by atoms with Gasteiger partial charge in [0, 0.05) is 49.9 Å². The summed E-state index contributed by atoms with van der Waals surface area (Å²) in [4.78, 5) is 46.0. The molecule has 1 aromatic carbocycles. The number of benzene rings is 1. The molecule has 0 bridgehead atoms. The quantitative estimate of drug-likeness (QED) is 0.673. The molecule has 0 radical (unpaired) electrons. The Labute approximate surface area is 214 Å². The molecule has 3 atom stereocenters. The molecule has 1 spiro atoms. The molecule has 1 saturated carbocycles. The van der Waals surface area contributed by atoms with Gasteiger partial charge < -0.3 is 14.7 Å². The summed E-state index contributed by atoms with van der Waals surface area (Å²) in [6, 6.07) is 6.48. The van der Waals surface area contributed by atoms with Crippen LogP contribution in [0, 0.1) is 18.8 Å². The highest BCUT2D eigenvalue weighted by molar-refractivity contribution is 6.11. The van der Waals surface area contributed by atoms with E-state index in [0.29, 0.717) is 37.9 Å². The molecular formula is C28H41N5O3. The minimum atomic E-state index is -0.658. The van der Waals surface area contributed by atoms with E-state index in [1.165, 1.54) is 0 Å². The summed E-state index contributed by atoms with van der Waals surface area (Å²) in [6.07, 6.45) is 4.11. The van der Waals surface area contributed by atoms with Crippen molar-refractivity contribution in [2.45, 2.75) is 76.8 Å². The Morgan fingerprint density at radius 1 is 1.17 bits per heavy atom. The lowest BCUT2D eigenvalue weighted by atomic mass is 9.71. The fourth-order valence-electron chi connectivity index (χ4n) is 6.80. The number of aryl methyl sites for hydroxylation is 1. The van der Waals surface area contributed by atoms with E-state index in [1.54, 1.807) is 16.8 Å². The zero-order valence-electron chi connectivity index (χ0n) is 22.4. The van der Waals surface area contributed by atoms with Crippen LogP contribution in [0.3, 0.4) is 0 Å². The fraction of sp³-hybridized carbons (Fsp3) is 0.679. The minimum absolute atomic E-state index is 0.0122. The fourth-order valence-corrected chi connectivity index (χ4v) is 6.80. The van der Waals surface area contributed by atoms with Gasteiger partial charge >= 0.3 is 0 Å². The molecule has 196 valence electrons. The van der Waals surface area contributed by atoms with Crippen molar-refractivity contribution in [2.24, 2.45) is 11.8 Å². The molecule has 8 heteroatoms. The van der Waals surface area contributed by atoms with Crippen LogP contribution in [-0.4, -0.2) is 72.3 Å². The number of amides is 3. The Kier molecular flexibility index (Phi) is 6.40. The molecule has 1 aliphatic carbocycles. The topological polar surface area (TPSA) is 85.0 Å². The standard InChI is InChI=1S/C28H41N5O3/c1-18-7-6-8-22-24(18)28(26(36)33(22)17-23(34)31(5)27(2,3)4)11-13-32(14-12-28)25(35)19-9-10-21-20(15-19)16-29-30-21/h6-8,19-21,29-30H,9-17H2,1-5H3. The maximum absolute atomic E-state index is 14.0. The number of rotatable bonds is 3. The van der Waals surface area contributed by atoms with Gasteiger partial charge in [0.15, 0.2) is 0 Å². The summed E-state index contributed by atoms with van der Waals surface area (Å²) in [5.74, 6) is 0.798. The first kappa shape index (κ1) is 25.2. The maximum Gasteiger partial charge on any atom is 0.242 e. The lowest BCUT2D eigenvalue weighted by Gasteiger charge is -2.41. The predicted octanol–water partition coefficient (Wildman–Crippen LogP) is 2.35. The monoisotopic (exact) mass is 495 g/mol. The number of likely N-dealkylation sites (tertiary alicyclic amines) is 1. The number of nitrogens with one attached hydrogen (secondary N) is 2. The van der Waals surface area contributed by atoms with E-state index in [0.717, 1.165) is 42.6 Å². The molecule has 2 N–H and O–H groups in total. The number of carbonyl (C=O) groups is 3. The van der Waals surface area contributed by atoms with Crippen LogP contribution in [0.4, 0.5) is 5.69 Å². The van der Waals surface area contributed by atoms with Crippen molar-refractivity contribution < 1.29 is 14.4 Å². The first-order valence-electron chi connectivity index (χ1n) is 13.5. The molecule has 3 amide bonds. The van der Waals surface area contributed by atoms with Crippen molar-refractivity contribution in [2.75, 3.05) is 38.1 Å². The minimum Gasteiger partial charge on any atom is -0.342 e. The lowest BCUT2D eigenvalue weighted by molar-refractivity contribution is -0.140. The Balaban J connectivity index is 1.33. The van der Waals surface area contributed by atoms with Crippen molar-refractivity contribution >= 4 is 23.4 Å². The Morgan fingerprint density at radius 2 is 1.89 bits per heavy atom. The number of anilines is 1. The van der Waals surface area contributed by atoms with Crippen LogP contribution in [-0.2, 0) is 19.8 Å². The number of nitrogens with zero attached hydrogens (tertiary/aromatic N) is 3. The molecule has 3 unspecified atom stereocenters. The summed E-state index contributed by atoms with van der Waals surface area (Å²) in [5, 5.41) is 0. The van der Waals surface area contributed by atoms with Gasteiger partial charge in [0.1, 0.15) is 6.54 Å².